The highest BCUT2D eigenvalue weighted by atomic mass is 35.5. The molecule has 2 rings (SSSR count). The zero-order valence-electron chi connectivity index (χ0n) is 13.4. The van der Waals surface area contributed by atoms with E-state index in [1.54, 1.807) is 11.3 Å². The lowest BCUT2D eigenvalue weighted by Crippen LogP contribution is -2.35. The summed E-state index contributed by atoms with van der Waals surface area (Å²) < 4.78 is 0. The number of amides is 1. The Kier molecular flexibility index (Phi) is 9.39. The van der Waals surface area contributed by atoms with E-state index in [9.17, 15) is 4.79 Å². The van der Waals surface area contributed by atoms with Gasteiger partial charge < -0.3 is 11.1 Å². The van der Waals surface area contributed by atoms with E-state index in [2.05, 4.69) is 17.2 Å². The van der Waals surface area contributed by atoms with Crippen LogP contribution in [-0.4, -0.2) is 10.9 Å². The van der Waals surface area contributed by atoms with Gasteiger partial charge in [-0.1, -0.05) is 36.8 Å². The number of nitrogens with two attached hydrogens (primary N) is 1. The molecule has 23 heavy (non-hydrogen) atoms. The number of hydrogen-bond donors (Lipinski definition) is 2. The smallest absolute Gasteiger partial charge is 0.242 e. The summed E-state index contributed by atoms with van der Waals surface area (Å²) in [5.41, 5.74) is 8.87. The molecule has 7 heteroatoms. The lowest BCUT2D eigenvalue weighted by atomic mass is 10.0. The minimum Gasteiger partial charge on any atom is -0.346 e. The van der Waals surface area contributed by atoms with E-state index >= 15 is 0 Å². The number of nitrogens with zero attached hydrogens (tertiary/aromatic N) is 1. The summed E-state index contributed by atoms with van der Waals surface area (Å²) in [6.07, 6.45) is 0.911. The fourth-order valence-corrected chi connectivity index (χ4v) is 2.83. The van der Waals surface area contributed by atoms with Crippen molar-refractivity contribution >= 4 is 42.1 Å². The van der Waals surface area contributed by atoms with E-state index < -0.39 is 6.04 Å². The van der Waals surface area contributed by atoms with Crippen molar-refractivity contribution in [1.82, 2.24) is 10.3 Å². The van der Waals surface area contributed by atoms with Crippen LogP contribution in [0, 0.1) is 6.92 Å². The van der Waals surface area contributed by atoms with Gasteiger partial charge in [-0.3, -0.25) is 4.79 Å². The summed E-state index contributed by atoms with van der Waals surface area (Å²) in [4.78, 5) is 16.7. The number of carbonyl (C=O) groups excluding carboxylic acids is 1. The average molecular weight is 376 g/mol. The molecule has 1 aromatic heterocycles. The summed E-state index contributed by atoms with van der Waals surface area (Å²) >= 11 is 1.62. The fourth-order valence-electron chi connectivity index (χ4n) is 1.99. The number of hydrogen-bond acceptors (Lipinski definition) is 4. The van der Waals surface area contributed by atoms with E-state index in [1.807, 2.05) is 43.5 Å². The predicted molar refractivity (Wildman–Crippen MR) is 101 cm³/mol. The molecule has 1 amide bonds. The Balaban J connectivity index is 0.00000242. The van der Waals surface area contributed by atoms with Crippen LogP contribution in [0.4, 0.5) is 0 Å². The normalized spacial score (nSPS) is 12.5. The second kappa shape index (κ2) is 9.88. The third kappa shape index (κ3) is 5.77. The minimum absolute atomic E-state index is 0. The Bertz CT molecular complexity index is 616. The van der Waals surface area contributed by atoms with Crippen molar-refractivity contribution in [2.24, 2.45) is 5.73 Å². The topological polar surface area (TPSA) is 68.0 Å². The molecule has 1 aromatic carbocycles. The Morgan fingerprint density at radius 1 is 1.30 bits per heavy atom. The summed E-state index contributed by atoms with van der Waals surface area (Å²) in [6.45, 7) is 6.00. The van der Waals surface area contributed by atoms with Crippen LogP contribution in [0.2, 0.25) is 0 Å². The van der Waals surface area contributed by atoms with Crippen LogP contribution in [0.1, 0.15) is 47.8 Å². The van der Waals surface area contributed by atoms with Gasteiger partial charge in [0.1, 0.15) is 6.04 Å². The number of aryl methyl sites for hydroxylation is 2. The summed E-state index contributed by atoms with van der Waals surface area (Å²) in [6, 6.07) is 6.91. The number of halogens is 2. The first-order chi connectivity index (χ1) is 10.0. The highest BCUT2D eigenvalue weighted by molar-refractivity contribution is 7.09. The van der Waals surface area contributed by atoms with Gasteiger partial charge in [0.05, 0.1) is 16.7 Å². The molecule has 0 spiro atoms. The standard InChI is InChI=1S/C16H21N3OS.2ClH/c1-4-14-19-13(9-21-14)11(3)18-16(20)15(17)12-7-5-10(2)6-8-12;;/h5-9,11,15H,4,17H2,1-3H3,(H,18,20);2*1H. The number of carbonyl (C=O) groups is 1. The van der Waals surface area contributed by atoms with Crippen LogP contribution in [0.5, 0.6) is 0 Å². The maximum Gasteiger partial charge on any atom is 0.242 e. The Morgan fingerprint density at radius 3 is 2.43 bits per heavy atom. The molecule has 2 aromatic rings. The Hall–Kier alpha value is -1.14. The van der Waals surface area contributed by atoms with Gasteiger partial charge >= 0.3 is 0 Å². The van der Waals surface area contributed by atoms with Crippen molar-refractivity contribution in [3.8, 4) is 0 Å². The zero-order chi connectivity index (χ0) is 15.4. The fraction of sp³-hybridized carbons (Fsp3) is 0.375. The van der Waals surface area contributed by atoms with E-state index in [0.717, 1.165) is 28.2 Å². The number of aromatic nitrogens is 1. The van der Waals surface area contributed by atoms with Crippen molar-refractivity contribution in [3.63, 3.8) is 0 Å². The molecule has 0 radical (unpaired) electrons. The average Bonchev–Trinajstić information content (AvgIpc) is 2.96. The molecule has 3 N–H and O–H groups in total. The first-order valence-electron chi connectivity index (χ1n) is 7.08. The summed E-state index contributed by atoms with van der Waals surface area (Å²) in [5.74, 6) is -0.183. The largest absolute Gasteiger partial charge is 0.346 e. The van der Waals surface area contributed by atoms with E-state index in [4.69, 9.17) is 5.73 Å². The number of rotatable bonds is 5. The van der Waals surface area contributed by atoms with Crippen LogP contribution in [0.25, 0.3) is 0 Å². The third-order valence-corrected chi connectivity index (χ3v) is 4.40. The van der Waals surface area contributed by atoms with Crippen LogP contribution < -0.4 is 11.1 Å². The van der Waals surface area contributed by atoms with Gasteiger partial charge in [-0.15, -0.1) is 36.2 Å². The van der Waals surface area contributed by atoms with Gasteiger partial charge in [0.2, 0.25) is 5.91 Å². The first-order valence-corrected chi connectivity index (χ1v) is 7.96. The molecule has 0 aliphatic heterocycles. The van der Waals surface area contributed by atoms with Crippen LogP contribution in [-0.2, 0) is 11.2 Å². The van der Waals surface area contributed by atoms with Gasteiger partial charge in [0, 0.05) is 5.38 Å². The number of benzene rings is 1. The lowest BCUT2D eigenvalue weighted by Gasteiger charge is -2.16. The second-order valence-corrected chi connectivity index (χ2v) is 6.08. The highest BCUT2D eigenvalue weighted by Gasteiger charge is 2.19. The van der Waals surface area contributed by atoms with Crippen molar-refractivity contribution in [1.29, 1.82) is 0 Å². The van der Waals surface area contributed by atoms with Gasteiger partial charge in [-0.2, -0.15) is 0 Å². The zero-order valence-corrected chi connectivity index (χ0v) is 15.9. The van der Waals surface area contributed by atoms with Crippen LogP contribution >= 0.6 is 36.2 Å². The van der Waals surface area contributed by atoms with Gasteiger partial charge in [0.15, 0.2) is 0 Å². The first kappa shape index (κ1) is 21.9. The Morgan fingerprint density at radius 2 is 1.91 bits per heavy atom. The molecule has 1 heterocycles. The third-order valence-electron chi connectivity index (χ3n) is 3.39. The molecular formula is C16H23Cl2N3OS. The number of nitrogens with one attached hydrogen (secondary N) is 1. The molecule has 128 valence electrons. The molecule has 0 saturated carbocycles. The summed E-state index contributed by atoms with van der Waals surface area (Å²) in [5, 5.41) is 5.99. The lowest BCUT2D eigenvalue weighted by molar-refractivity contribution is -0.123. The quantitative estimate of drug-likeness (QED) is 0.836. The van der Waals surface area contributed by atoms with Crippen molar-refractivity contribution in [3.05, 3.63) is 51.5 Å². The SMILES string of the molecule is CCc1nc(C(C)NC(=O)C(N)c2ccc(C)cc2)cs1.Cl.Cl. The monoisotopic (exact) mass is 375 g/mol. The molecule has 0 bridgehead atoms. The molecular weight excluding hydrogens is 353 g/mol. The maximum atomic E-state index is 12.2. The molecule has 0 aliphatic carbocycles. The second-order valence-electron chi connectivity index (χ2n) is 5.14. The molecule has 0 aliphatic rings. The van der Waals surface area contributed by atoms with Gasteiger partial charge in [-0.05, 0) is 25.8 Å². The minimum atomic E-state index is -0.655. The molecule has 2 atom stereocenters. The van der Waals surface area contributed by atoms with Crippen molar-refractivity contribution in [2.75, 3.05) is 0 Å². The highest BCUT2D eigenvalue weighted by Crippen LogP contribution is 2.18. The Labute approximate surface area is 153 Å². The van der Waals surface area contributed by atoms with E-state index in [0.29, 0.717) is 0 Å². The summed E-state index contributed by atoms with van der Waals surface area (Å²) in [7, 11) is 0. The molecule has 2 unspecified atom stereocenters. The van der Waals surface area contributed by atoms with E-state index in [1.165, 1.54) is 0 Å². The molecule has 0 saturated heterocycles. The van der Waals surface area contributed by atoms with Crippen molar-refractivity contribution in [2.45, 2.75) is 39.3 Å². The molecule has 0 fully saturated rings. The van der Waals surface area contributed by atoms with Crippen LogP contribution in [0.15, 0.2) is 29.6 Å². The van der Waals surface area contributed by atoms with E-state index in [-0.39, 0.29) is 36.8 Å². The van der Waals surface area contributed by atoms with Crippen molar-refractivity contribution < 1.29 is 4.79 Å². The van der Waals surface area contributed by atoms with Crippen LogP contribution in [0.3, 0.4) is 0 Å². The van der Waals surface area contributed by atoms with Gasteiger partial charge in [0.25, 0.3) is 0 Å². The molecule has 4 nitrogen and oxygen atoms in total. The van der Waals surface area contributed by atoms with Gasteiger partial charge in [-0.25, -0.2) is 4.98 Å². The maximum absolute atomic E-state index is 12.2. The predicted octanol–water partition coefficient (Wildman–Crippen LogP) is 3.73. The number of thiazole rings is 1.